The monoisotopic (exact) mass is 326 g/mol. The van der Waals surface area contributed by atoms with E-state index < -0.39 is 0 Å². The van der Waals surface area contributed by atoms with E-state index in [1.54, 1.807) is 0 Å². The number of aryl methyl sites for hydroxylation is 2. The lowest BCUT2D eigenvalue weighted by Gasteiger charge is -2.16. The van der Waals surface area contributed by atoms with E-state index in [4.69, 9.17) is 0 Å². The molecule has 0 bridgehead atoms. The summed E-state index contributed by atoms with van der Waals surface area (Å²) in [5.41, 5.74) is 4.72. The van der Waals surface area contributed by atoms with Gasteiger partial charge in [0.2, 0.25) is 5.91 Å². The van der Waals surface area contributed by atoms with E-state index in [0.29, 0.717) is 6.54 Å². The van der Waals surface area contributed by atoms with Crippen LogP contribution in [0.1, 0.15) is 53.6 Å². The number of hydrogen-bond donors (Lipinski definition) is 2. The van der Waals surface area contributed by atoms with Crippen molar-refractivity contribution in [2.45, 2.75) is 44.9 Å². The summed E-state index contributed by atoms with van der Waals surface area (Å²) in [6, 6.07) is 6.05. The average molecular weight is 326 g/mol. The van der Waals surface area contributed by atoms with E-state index in [1.807, 2.05) is 12.1 Å². The van der Waals surface area contributed by atoms with Gasteiger partial charge < -0.3 is 10.6 Å². The number of fused-ring (bicyclic) bond motifs is 1. The smallest absolute Gasteiger partial charge is 0.220 e. The lowest BCUT2D eigenvalue weighted by molar-refractivity contribution is -0.120. The second kappa shape index (κ2) is 8.25. The molecule has 0 atom stereocenters. The molecule has 0 spiro atoms. The van der Waals surface area contributed by atoms with Gasteiger partial charge in [0.15, 0.2) is 5.78 Å². The molecule has 1 heterocycles. The number of rotatable bonds is 6. The second-order valence-electron chi connectivity index (χ2n) is 6.71. The maximum atomic E-state index is 12.3. The van der Waals surface area contributed by atoms with Gasteiger partial charge in [0.1, 0.15) is 0 Å². The predicted molar refractivity (Wildman–Crippen MR) is 95.2 cm³/mol. The molecule has 1 aliphatic carbocycles. The normalized spacial score (nSPS) is 16.9. The zero-order valence-corrected chi connectivity index (χ0v) is 14.2. The molecule has 0 fully saturated rings. The Morgan fingerprint density at radius 1 is 1.04 bits per heavy atom. The average Bonchev–Trinajstić information content (AvgIpc) is 2.65. The Balaban J connectivity index is 1.46. The van der Waals surface area contributed by atoms with Crippen molar-refractivity contribution < 1.29 is 9.59 Å². The fourth-order valence-corrected chi connectivity index (χ4v) is 3.41. The van der Waals surface area contributed by atoms with Crippen LogP contribution in [0.3, 0.4) is 0 Å². The standard InChI is InChI=1S/C20H26N2O2/c23-19(18-6-5-16-3-1-2-4-17(16)13-18)7-8-20(24)22-14-15-9-11-21-12-10-15/h5-6,9,13,21H,1-4,7-8,10-12,14H2,(H,22,24). The number of ketones is 1. The van der Waals surface area contributed by atoms with Crippen LogP contribution in [-0.2, 0) is 17.6 Å². The summed E-state index contributed by atoms with van der Waals surface area (Å²) in [6.07, 6.45) is 8.30. The zero-order valence-electron chi connectivity index (χ0n) is 14.2. The minimum atomic E-state index is -0.0410. The number of carbonyl (C=O) groups is 2. The van der Waals surface area contributed by atoms with Crippen molar-refractivity contribution in [1.82, 2.24) is 10.6 Å². The van der Waals surface area contributed by atoms with Crippen LogP contribution in [0.5, 0.6) is 0 Å². The Morgan fingerprint density at radius 2 is 1.88 bits per heavy atom. The van der Waals surface area contributed by atoms with Crippen molar-refractivity contribution in [3.05, 3.63) is 46.5 Å². The van der Waals surface area contributed by atoms with E-state index in [2.05, 4.69) is 22.8 Å². The van der Waals surface area contributed by atoms with Crippen molar-refractivity contribution in [3.63, 3.8) is 0 Å². The molecule has 0 radical (unpaired) electrons. The minimum Gasteiger partial charge on any atom is -0.352 e. The van der Waals surface area contributed by atoms with Gasteiger partial charge in [-0.25, -0.2) is 0 Å². The fraction of sp³-hybridized carbons (Fsp3) is 0.500. The molecule has 3 rings (SSSR count). The van der Waals surface area contributed by atoms with E-state index in [0.717, 1.165) is 37.9 Å². The molecule has 24 heavy (non-hydrogen) atoms. The molecule has 0 saturated heterocycles. The molecule has 0 aromatic heterocycles. The summed E-state index contributed by atoms with van der Waals surface area (Å²) in [5, 5.41) is 6.17. The van der Waals surface area contributed by atoms with E-state index in [9.17, 15) is 9.59 Å². The number of hydrogen-bond acceptors (Lipinski definition) is 3. The van der Waals surface area contributed by atoms with Crippen molar-refractivity contribution in [2.75, 3.05) is 19.6 Å². The molecule has 2 N–H and O–H groups in total. The van der Waals surface area contributed by atoms with Gasteiger partial charge in [-0.3, -0.25) is 9.59 Å². The quantitative estimate of drug-likeness (QED) is 0.624. The molecule has 0 unspecified atom stereocenters. The van der Waals surface area contributed by atoms with E-state index in [1.165, 1.54) is 29.5 Å². The molecule has 1 aromatic rings. The Morgan fingerprint density at radius 3 is 2.67 bits per heavy atom. The first-order valence-corrected chi connectivity index (χ1v) is 9.03. The lowest BCUT2D eigenvalue weighted by Crippen LogP contribution is -2.29. The van der Waals surface area contributed by atoms with E-state index in [-0.39, 0.29) is 24.5 Å². The molecule has 1 aliphatic heterocycles. The van der Waals surface area contributed by atoms with E-state index >= 15 is 0 Å². The Bertz CT molecular complexity index is 649. The van der Waals surface area contributed by atoms with Crippen molar-refractivity contribution in [1.29, 1.82) is 0 Å². The first-order valence-electron chi connectivity index (χ1n) is 9.03. The molecular formula is C20H26N2O2. The van der Waals surface area contributed by atoms with Gasteiger partial charge in [0.05, 0.1) is 0 Å². The fourth-order valence-electron chi connectivity index (χ4n) is 3.41. The Hall–Kier alpha value is -1.94. The maximum absolute atomic E-state index is 12.3. The largest absolute Gasteiger partial charge is 0.352 e. The lowest BCUT2D eigenvalue weighted by atomic mass is 9.89. The summed E-state index contributed by atoms with van der Waals surface area (Å²) >= 11 is 0. The van der Waals surface area contributed by atoms with Crippen LogP contribution in [0.15, 0.2) is 29.8 Å². The minimum absolute atomic E-state index is 0.0410. The summed E-state index contributed by atoms with van der Waals surface area (Å²) in [7, 11) is 0. The van der Waals surface area contributed by atoms with Crippen molar-refractivity contribution in [3.8, 4) is 0 Å². The Kier molecular flexibility index (Phi) is 5.81. The van der Waals surface area contributed by atoms with Crippen LogP contribution in [0.2, 0.25) is 0 Å². The van der Waals surface area contributed by atoms with Gasteiger partial charge in [-0.1, -0.05) is 23.8 Å². The summed E-state index contributed by atoms with van der Waals surface area (Å²) < 4.78 is 0. The third-order valence-corrected chi connectivity index (χ3v) is 4.92. The third kappa shape index (κ3) is 4.54. The molecular weight excluding hydrogens is 300 g/mol. The first-order chi connectivity index (χ1) is 11.7. The van der Waals surface area contributed by atoms with Crippen LogP contribution in [0.25, 0.3) is 0 Å². The van der Waals surface area contributed by atoms with Gasteiger partial charge in [-0.2, -0.15) is 0 Å². The van der Waals surface area contributed by atoms with Gasteiger partial charge in [-0.15, -0.1) is 0 Å². The summed E-state index contributed by atoms with van der Waals surface area (Å²) in [4.78, 5) is 24.3. The topological polar surface area (TPSA) is 58.2 Å². The molecule has 1 amide bonds. The first kappa shape index (κ1) is 16.9. The SMILES string of the molecule is O=C(CCC(=O)c1ccc2c(c1)CCCC2)NCC1=CCNCC1. The number of carbonyl (C=O) groups excluding carboxylic acids is 2. The molecule has 0 saturated carbocycles. The van der Waals surface area contributed by atoms with Gasteiger partial charge in [-0.05, 0) is 55.8 Å². The highest BCUT2D eigenvalue weighted by Gasteiger charge is 2.14. The highest BCUT2D eigenvalue weighted by Crippen LogP contribution is 2.22. The summed E-state index contributed by atoms with van der Waals surface area (Å²) in [6.45, 7) is 2.45. The predicted octanol–water partition coefficient (Wildman–Crippen LogP) is 2.56. The molecule has 128 valence electrons. The van der Waals surface area contributed by atoms with Crippen LogP contribution < -0.4 is 10.6 Å². The molecule has 4 heteroatoms. The van der Waals surface area contributed by atoms with Crippen molar-refractivity contribution in [2.24, 2.45) is 0 Å². The Labute approximate surface area is 143 Å². The van der Waals surface area contributed by atoms with Crippen LogP contribution in [0.4, 0.5) is 0 Å². The van der Waals surface area contributed by atoms with Crippen LogP contribution in [-0.4, -0.2) is 31.3 Å². The number of amides is 1. The van der Waals surface area contributed by atoms with Crippen molar-refractivity contribution >= 4 is 11.7 Å². The number of nitrogens with one attached hydrogen (secondary N) is 2. The highest BCUT2D eigenvalue weighted by molar-refractivity contribution is 5.98. The van der Waals surface area contributed by atoms with Gasteiger partial charge in [0.25, 0.3) is 0 Å². The third-order valence-electron chi connectivity index (χ3n) is 4.92. The summed E-state index contributed by atoms with van der Waals surface area (Å²) in [5.74, 6) is 0.0281. The number of benzene rings is 1. The molecule has 4 nitrogen and oxygen atoms in total. The maximum Gasteiger partial charge on any atom is 0.220 e. The molecule has 2 aliphatic rings. The van der Waals surface area contributed by atoms with Gasteiger partial charge >= 0.3 is 0 Å². The zero-order chi connectivity index (χ0) is 16.8. The van der Waals surface area contributed by atoms with Crippen LogP contribution >= 0.6 is 0 Å². The molecule has 1 aromatic carbocycles. The van der Waals surface area contributed by atoms with Gasteiger partial charge in [0, 0.05) is 31.5 Å². The number of Topliss-reactive ketones (excluding diaryl/α,β-unsaturated/α-hetero) is 1. The highest BCUT2D eigenvalue weighted by atomic mass is 16.2. The second-order valence-corrected chi connectivity index (χ2v) is 6.71. The van der Waals surface area contributed by atoms with Crippen LogP contribution in [0, 0.1) is 0 Å².